The predicted molar refractivity (Wildman–Crippen MR) is 70.2 cm³/mol. The van der Waals surface area contributed by atoms with Gasteiger partial charge in [0.1, 0.15) is 0 Å². The lowest BCUT2D eigenvalue weighted by molar-refractivity contribution is 0.199. The first-order valence-corrected chi connectivity index (χ1v) is 6.09. The molecule has 1 unspecified atom stereocenters. The Kier molecular flexibility index (Phi) is 4.63. The second kappa shape index (κ2) is 5.55. The molecule has 0 radical (unpaired) electrons. The summed E-state index contributed by atoms with van der Waals surface area (Å²) in [4.78, 5) is 2.26. The maximum absolute atomic E-state index is 9.50. The van der Waals surface area contributed by atoms with Gasteiger partial charge in [-0.25, -0.2) is 0 Å². The van der Waals surface area contributed by atoms with E-state index in [1.54, 1.807) is 6.92 Å². The number of benzene rings is 1. The van der Waals surface area contributed by atoms with Crippen LogP contribution in [-0.2, 0) is 0 Å². The highest BCUT2D eigenvalue weighted by atomic mass is 35.5. The summed E-state index contributed by atoms with van der Waals surface area (Å²) in [7, 11) is 0. The van der Waals surface area contributed by atoms with Gasteiger partial charge in [-0.2, -0.15) is 0 Å². The molecule has 3 heteroatoms. The molecule has 1 rings (SSSR count). The van der Waals surface area contributed by atoms with E-state index in [1.807, 2.05) is 18.2 Å². The van der Waals surface area contributed by atoms with Crippen LogP contribution in [0.5, 0.6) is 0 Å². The number of halogens is 1. The van der Waals surface area contributed by atoms with Crippen LogP contribution in [0.15, 0.2) is 18.2 Å². The molecule has 0 saturated carbocycles. The average Bonchev–Trinajstić information content (AvgIpc) is 2.17. The van der Waals surface area contributed by atoms with Crippen molar-refractivity contribution in [3.63, 3.8) is 0 Å². The molecule has 0 aliphatic heterocycles. The van der Waals surface area contributed by atoms with Crippen molar-refractivity contribution in [2.45, 2.75) is 39.8 Å². The number of hydrogen-bond acceptors (Lipinski definition) is 2. The van der Waals surface area contributed by atoms with Crippen LogP contribution in [-0.4, -0.2) is 17.7 Å². The lowest BCUT2D eigenvalue weighted by atomic mass is 10.1. The van der Waals surface area contributed by atoms with E-state index in [9.17, 15) is 5.11 Å². The van der Waals surface area contributed by atoms with Crippen molar-refractivity contribution in [1.82, 2.24) is 0 Å². The Morgan fingerprint density at radius 2 is 1.94 bits per heavy atom. The largest absolute Gasteiger partial charge is 0.389 e. The number of nitrogens with zero attached hydrogens (tertiary/aromatic N) is 1. The van der Waals surface area contributed by atoms with Crippen molar-refractivity contribution in [2.24, 2.45) is 0 Å². The van der Waals surface area contributed by atoms with Crippen LogP contribution >= 0.6 is 11.6 Å². The zero-order chi connectivity index (χ0) is 12.3. The maximum Gasteiger partial charge on any atom is 0.0776 e. The predicted octanol–water partition coefficient (Wildman–Crippen LogP) is 3.63. The molecule has 0 bridgehead atoms. The maximum atomic E-state index is 9.50. The van der Waals surface area contributed by atoms with Crippen molar-refractivity contribution in [3.05, 3.63) is 28.8 Å². The summed E-state index contributed by atoms with van der Waals surface area (Å²) in [5.41, 5.74) is 1.89. The molecule has 1 atom stereocenters. The third kappa shape index (κ3) is 2.89. The van der Waals surface area contributed by atoms with Gasteiger partial charge < -0.3 is 10.0 Å². The molecule has 16 heavy (non-hydrogen) atoms. The highest BCUT2D eigenvalue weighted by Crippen LogP contribution is 2.28. The summed E-state index contributed by atoms with van der Waals surface area (Å²) < 4.78 is 0. The fourth-order valence-electron chi connectivity index (χ4n) is 1.88. The summed E-state index contributed by atoms with van der Waals surface area (Å²) in [6, 6.07) is 6.27. The number of hydrogen-bond donors (Lipinski definition) is 1. The van der Waals surface area contributed by atoms with Gasteiger partial charge in [0, 0.05) is 23.3 Å². The van der Waals surface area contributed by atoms with E-state index in [2.05, 4.69) is 25.7 Å². The number of aliphatic hydroxyl groups is 1. The molecule has 0 fully saturated rings. The van der Waals surface area contributed by atoms with E-state index in [4.69, 9.17) is 11.6 Å². The molecule has 0 heterocycles. The molecular formula is C13H20ClNO. The summed E-state index contributed by atoms with van der Waals surface area (Å²) in [6.45, 7) is 9.10. The van der Waals surface area contributed by atoms with Crippen LogP contribution in [0.25, 0.3) is 0 Å². The molecule has 2 nitrogen and oxygen atoms in total. The van der Waals surface area contributed by atoms with E-state index in [1.165, 1.54) is 0 Å². The van der Waals surface area contributed by atoms with E-state index in [0.29, 0.717) is 11.1 Å². The Morgan fingerprint density at radius 3 is 2.31 bits per heavy atom. The van der Waals surface area contributed by atoms with Crippen molar-refractivity contribution in [1.29, 1.82) is 0 Å². The molecule has 0 spiro atoms. The van der Waals surface area contributed by atoms with Gasteiger partial charge in [-0.15, -0.1) is 0 Å². The van der Waals surface area contributed by atoms with Crippen molar-refractivity contribution in [3.8, 4) is 0 Å². The summed E-state index contributed by atoms with van der Waals surface area (Å²) in [5, 5.41) is 10.1. The fraction of sp³-hybridized carbons (Fsp3) is 0.538. The highest BCUT2D eigenvalue weighted by molar-refractivity contribution is 6.31. The molecule has 0 saturated heterocycles. The van der Waals surface area contributed by atoms with Crippen LogP contribution in [0, 0.1) is 0 Å². The van der Waals surface area contributed by atoms with Gasteiger partial charge in [0.25, 0.3) is 0 Å². The molecule has 1 aromatic rings. The fourth-order valence-corrected chi connectivity index (χ4v) is 2.21. The van der Waals surface area contributed by atoms with Gasteiger partial charge in [-0.3, -0.25) is 0 Å². The van der Waals surface area contributed by atoms with Crippen molar-refractivity contribution >= 4 is 17.3 Å². The zero-order valence-electron chi connectivity index (χ0n) is 10.4. The normalized spacial score (nSPS) is 12.9. The molecule has 1 N–H and O–H groups in total. The second-order valence-corrected chi connectivity index (χ2v) is 4.67. The Hall–Kier alpha value is -0.730. The average molecular weight is 242 g/mol. The standard InChI is InChI=1S/C13H20ClNO/c1-5-15(9(2)3)11-6-7-12(10(4)16)13(14)8-11/h6-10,16H,5H2,1-4H3. The Bertz CT molecular complexity index is 350. The van der Waals surface area contributed by atoms with E-state index in [0.717, 1.165) is 17.8 Å². The van der Waals surface area contributed by atoms with Gasteiger partial charge in [0.05, 0.1) is 6.10 Å². The van der Waals surface area contributed by atoms with Gasteiger partial charge in [-0.1, -0.05) is 17.7 Å². The van der Waals surface area contributed by atoms with Gasteiger partial charge in [0.15, 0.2) is 0 Å². The third-order valence-electron chi connectivity index (χ3n) is 2.73. The van der Waals surface area contributed by atoms with E-state index >= 15 is 0 Å². The van der Waals surface area contributed by atoms with Crippen LogP contribution in [0.3, 0.4) is 0 Å². The van der Waals surface area contributed by atoms with Crippen molar-refractivity contribution < 1.29 is 5.11 Å². The molecule has 0 aliphatic carbocycles. The topological polar surface area (TPSA) is 23.5 Å². The Labute approximate surface area is 103 Å². The molecule has 1 aromatic carbocycles. The Morgan fingerprint density at radius 1 is 1.31 bits per heavy atom. The lowest BCUT2D eigenvalue weighted by Gasteiger charge is -2.28. The first-order chi connectivity index (χ1) is 7.47. The smallest absolute Gasteiger partial charge is 0.0776 e. The number of aliphatic hydroxyl groups excluding tert-OH is 1. The SMILES string of the molecule is CCN(c1ccc(C(C)O)c(Cl)c1)C(C)C. The lowest BCUT2D eigenvalue weighted by Crippen LogP contribution is -2.30. The molecule has 0 aliphatic rings. The second-order valence-electron chi connectivity index (χ2n) is 4.26. The van der Waals surface area contributed by atoms with Crippen LogP contribution < -0.4 is 4.90 Å². The molecule has 0 amide bonds. The van der Waals surface area contributed by atoms with E-state index < -0.39 is 6.10 Å². The first-order valence-electron chi connectivity index (χ1n) is 5.71. The minimum Gasteiger partial charge on any atom is -0.389 e. The summed E-state index contributed by atoms with van der Waals surface area (Å²) in [5.74, 6) is 0. The summed E-state index contributed by atoms with van der Waals surface area (Å²) in [6.07, 6.45) is -0.518. The van der Waals surface area contributed by atoms with Crippen LogP contribution in [0.1, 0.15) is 39.4 Å². The number of anilines is 1. The van der Waals surface area contributed by atoms with Gasteiger partial charge in [0.2, 0.25) is 0 Å². The quantitative estimate of drug-likeness (QED) is 0.870. The van der Waals surface area contributed by atoms with Gasteiger partial charge >= 0.3 is 0 Å². The first kappa shape index (κ1) is 13.3. The van der Waals surface area contributed by atoms with Crippen LogP contribution in [0.4, 0.5) is 5.69 Å². The minimum absolute atomic E-state index is 0.443. The molecular weight excluding hydrogens is 222 g/mol. The number of rotatable bonds is 4. The van der Waals surface area contributed by atoms with Crippen LogP contribution in [0.2, 0.25) is 5.02 Å². The molecule has 0 aromatic heterocycles. The monoisotopic (exact) mass is 241 g/mol. The highest BCUT2D eigenvalue weighted by Gasteiger charge is 2.12. The third-order valence-corrected chi connectivity index (χ3v) is 3.06. The molecule has 90 valence electrons. The van der Waals surface area contributed by atoms with E-state index in [-0.39, 0.29) is 0 Å². The van der Waals surface area contributed by atoms with Crippen molar-refractivity contribution in [2.75, 3.05) is 11.4 Å². The summed E-state index contributed by atoms with van der Waals surface area (Å²) >= 11 is 6.14. The van der Waals surface area contributed by atoms with Gasteiger partial charge in [-0.05, 0) is 45.4 Å². The zero-order valence-corrected chi connectivity index (χ0v) is 11.1. The Balaban J connectivity index is 3.04. The minimum atomic E-state index is -0.518.